The van der Waals surface area contributed by atoms with Gasteiger partial charge >= 0.3 is 0 Å². The van der Waals surface area contributed by atoms with Crippen LogP contribution in [0.1, 0.15) is 16.7 Å². The molecule has 0 saturated carbocycles. The van der Waals surface area contributed by atoms with Crippen LogP contribution in [0.5, 0.6) is 0 Å². The lowest BCUT2D eigenvalue weighted by Gasteiger charge is -2.14. The van der Waals surface area contributed by atoms with Gasteiger partial charge in [0.15, 0.2) is 0 Å². The zero-order valence-corrected chi connectivity index (χ0v) is 13.5. The highest BCUT2D eigenvalue weighted by atomic mass is 35.5. The summed E-state index contributed by atoms with van der Waals surface area (Å²) >= 11 is 7.75. The second kappa shape index (κ2) is 7.16. The van der Waals surface area contributed by atoms with Gasteiger partial charge in [-0.2, -0.15) is 0 Å². The lowest BCUT2D eigenvalue weighted by molar-refractivity contribution is 0.744. The van der Waals surface area contributed by atoms with E-state index < -0.39 is 0 Å². The molecule has 0 heterocycles. The van der Waals surface area contributed by atoms with E-state index in [-0.39, 0.29) is 6.04 Å². The summed E-state index contributed by atoms with van der Waals surface area (Å²) in [5.74, 6) is 0.897. The Labute approximate surface area is 130 Å². The molecule has 20 heavy (non-hydrogen) atoms. The summed E-state index contributed by atoms with van der Waals surface area (Å²) in [6, 6.07) is 14.6. The molecular formula is C17H20ClNS. The van der Waals surface area contributed by atoms with E-state index in [1.54, 1.807) is 11.8 Å². The van der Waals surface area contributed by atoms with Crippen molar-refractivity contribution < 1.29 is 0 Å². The largest absolute Gasteiger partial charge is 0.327 e. The number of benzene rings is 2. The van der Waals surface area contributed by atoms with Gasteiger partial charge in [0.2, 0.25) is 0 Å². The monoisotopic (exact) mass is 305 g/mol. The number of rotatable bonds is 5. The first-order valence-electron chi connectivity index (χ1n) is 6.74. The fourth-order valence-electron chi connectivity index (χ4n) is 2.12. The Kier molecular flexibility index (Phi) is 5.53. The Balaban J connectivity index is 1.92. The Morgan fingerprint density at radius 2 is 1.95 bits per heavy atom. The first-order valence-corrected chi connectivity index (χ1v) is 8.11. The van der Waals surface area contributed by atoms with Crippen molar-refractivity contribution in [3.63, 3.8) is 0 Å². The molecule has 0 aliphatic carbocycles. The van der Waals surface area contributed by atoms with Gasteiger partial charge in [0, 0.05) is 21.7 Å². The van der Waals surface area contributed by atoms with Gasteiger partial charge in [0.05, 0.1) is 0 Å². The van der Waals surface area contributed by atoms with Crippen molar-refractivity contribution in [2.75, 3.05) is 5.75 Å². The summed E-state index contributed by atoms with van der Waals surface area (Å²) in [7, 11) is 0. The average molecular weight is 306 g/mol. The van der Waals surface area contributed by atoms with Gasteiger partial charge in [0.25, 0.3) is 0 Å². The SMILES string of the molecule is Cc1ccc(C)c(CC(N)CSc2cccc(Cl)c2)c1. The van der Waals surface area contributed by atoms with E-state index in [0.717, 1.165) is 17.2 Å². The third-order valence-electron chi connectivity index (χ3n) is 3.25. The molecule has 1 nitrogen and oxygen atoms in total. The Morgan fingerprint density at radius 3 is 2.70 bits per heavy atom. The van der Waals surface area contributed by atoms with Gasteiger partial charge in [0.1, 0.15) is 0 Å². The van der Waals surface area contributed by atoms with Crippen LogP contribution in [0.15, 0.2) is 47.4 Å². The second-order valence-corrected chi connectivity index (χ2v) is 6.69. The highest BCUT2D eigenvalue weighted by Crippen LogP contribution is 2.23. The van der Waals surface area contributed by atoms with Gasteiger partial charge in [-0.3, -0.25) is 0 Å². The van der Waals surface area contributed by atoms with Crippen molar-refractivity contribution >= 4 is 23.4 Å². The van der Waals surface area contributed by atoms with E-state index >= 15 is 0 Å². The topological polar surface area (TPSA) is 26.0 Å². The smallest absolute Gasteiger partial charge is 0.0417 e. The number of hydrogen-bond donors (Lipinski definition) is 1. The van der Waals surface area contributed by atoms with Crippen LogP contribution in [0.4, 0.5) is 0 Å². The predicted molar refractivity (Wildman–Crippen MR) is 89.8 cm³/mol. The van der Waals surface area contributed by atoms with E-state index in [1.807, 2.05) is 18.2 Å². The van der Waals surface area contributed by atoms with Crippen molar-refractivity contribution in [3.8, 4) is 0 Å². The summed E-state index contributed by atoms with van der Waals surface area (Å²) in [6.07, 6.45) is 0.918. The average Bonchev–Trinajstić information content (AvgIpc) is 2.41. The number of thioether (sulfide) groups is 1. The third-order valence-corrected chi connectivity index (χ3v) is 4.66. The molecule has 0 radical (unpaired) electrons. The maximum atomic E-state index is 6.26. The molecule has 0 aromatic heterocycles. The summed E-state index contributed by atoms with van der Waals surface area (Å²) < 4.78 is 0. The van der Waals surface area contributed by atoms with Crippen LogP contribution in [-0.2, 0) is 6.42 Å². The van der Waals surface area contributed by atoms with Crippen molar-refractivity contribution in [2.24, 2.45) is 5.73 Å². The number of nitrogens with two attached hydrogens (primary N) is 1. The van der Waals surface area contributed by atoms with Crippen molar-refractivity contribution in [2.45, 2.75) is 31.2 Å². The van der Waals surface area contributed by atoms with Crippen LogP contribution in [0.25, 0.3) is 0 Å². The molecule has 0 aliphatic heterocycles. The van der Waals surface area contributed by atoms with Gasteiger partial charge < -0.3 is 5.73 Å². The molecule has 2 rings (SSSR count). The normalized spacial score (nSPS) is 12.4. The molecule has 2 N–H and O–H groups in total. The van der Waals surface area contributed by atoms with Crippen LogP contribution in [0.2, 0.25) is 5.02 Å². The molecule has 106 valence electrons. The van der Waals surface area contributed by atoms with Crippen molar-refractivity contribution in [1.82, 2.24) is 0 Å². The Bertz CT molecular complexity index is 583. The number of halogens is 1. The van der Waals surface area contributed by atoms with Crippen LogP contribution in [0, 0.1) is 13.8 Å². The zero-order valence-electron chi connectivity index (χ0n) is 11.9. The molecular weight excluding hydrogens is 286 g/mol. The minimum atomic E-state index is 0.152. The highest BCUT2D eigenvalue weighted by Gasteiger charge is 2.08. The van der Waals surface area contributed by atoms with Gasteiger partial charge in [-0.25, -0.2) is 0 Å². The van der Waals surface area contributed by atoms with E-state index in [2.05, 4.69) is 38.1 Å². The maximum absolute atomic E-state index is 6.26. The lowest BCUT2D eigenvalue weighted by Crippen LogP contribution is -2.26. The molecule has 3 heteroatoms. The highest BCUT2D eigenvalue weighted by molar-refractivity contribution is 7.99. The van der Waals surface area contributed by atoms with E-state index in [0.29, 0.717) is 0 Å². The van der Waals surface area contributed by atoms with Crippen LogP contribution in [-0.4, -0.2) is 11.8 Å². The fourth-order valence-corrected chi connectivity index (χ4v) is 3.29. The Hall–Kier alpha value is -0.960. The van der Waals surface area contributed by atoms with Gasteiger partial charge in [-0.05, 0) is 49.6 Å². The number of aryl methyl sites for hydroxylation is 2. The zero-order chi connectivity index (χ0) is 14.5. The summed E-state index contributed by atoms with van der Waals surface area (Å²) in [5.41, 5.74) is 10.2. The van der Waals surface area contributed by atoms with Crippen LogP contribution in [0.3, 0.4) is 0 Å². The molecule has 1 atom stereocenters. The first-order chi connectivity index (χ1) is 9.54. The molecule has 0 bridgehead atoms. The van der Waals surface area contributed by atoms with E-state index in [9.17, 15) is 0 Å². The number of hydrogen-bond acceptors (Lipinski definition) is 2. The van der Waals surface area contributed by atoms with E-state index in [1.165, 1.54) is 21.6 Å². The summed E-state index contributed by atoms with van der Waals surface area (Å²) in [6.45, 7) is 4.26. The lowest BCUT2D eigenvalue weighted by atomic mass is 10.00. The quantitative estimate of drug-likeness (QED) is 0.816. The first kappa shape index (κ1) is 15.4. The molecule has 1 unspecified atom stereocenters. The standard InChI is InChI=1S/C17H20ClNS/c1-12-6-7-13(2)14(8-12)9-16(19)11-20-17-5-3-4-15(18)10-17/h3-8,10,16H,9,11,19H2,1-2H3. The molecule has 2 aromatic carbocycles. The maximum Gasteiger partial charge on any atom is 0.0417 e. The minimum absolute atomic E-state index is 0.152. The second-order valence-electron chi connectivity index (χ2n) is 5.16. The van der Waals surface area contributed by atoms with Crippen LogP contribution < -0.4 is 5.73 Å². The molecule has 0 fully saturated rings. The predicted octanol–water partition coefficient (Wildman–Crippen LogP) is 4.62. The molecule has 0 spiro atoms. The molecule has 0 saturated heterocycles. The summed E-state index contributed by atoms with van der Waals surface area (Å²) in [5, 5.41) is 0.776. The van der Waals surface area contributed by atoms with Crippen molar-refractivity contribution in [3.05, 3.63) is 64.2 Å². The van der Waals surface area contributed by atoms with Gasteiger partial charge in [-0.1, -0.05) is 41.4 Å². The third kappa shape index (κ3) is 4.55. The fraction of sp³-hybridized carbons (Fsp3) is 0.294. The van der Waals surface area contributed by atoms with E-state index in [4.69, 9.17) is 17.3 Å². The van der Waals surface area contributed by atoms with Gasteiger partial charge in [-0.15, -0.1) is 11.8 Å². The minimum Gasteiger partial charge on any atom is -0.327 e. The molecule has 0 aliphatic rings. The Morgan fingerprint density at radius 1 is 1.15 bits per heavy atom. The van der Waals surface area contributed by atoms with Crippen LogP contribution >= 0.6 is 23.4 Å². The molecule has 2 aromatic rings. The molecule has 0 amide bonds. The summed E-state index contributed by atoms with van der Waals surface area (Å²) in [4.78, 5) is 1.17. The van der Waals surface area contributed by atoms with Crippen molar-refractivity contribution in [1.29, 1.82) is 0 Å².